The van der Waals surface area contributed by atoms with Crippen molar-refractivity contribution in [3.05, 3.63) is 195 Å². The van der Waals surface area contributed by atoms with E-state index in [1.54, 1.807) is 18.7 Å². The predicted molar refractivity (Wildman–Crippen MR) is 204 cm³/mol. The second kappa shape index (κ2) is 17.9. The van der Waals surface area contributed by atoms with E-state index in [0.29, 0.717) is 16.2 Å². The van der Waals surface area contributed by atoms with E-state index in [2.05, 4.69) is 202 Å². The second-order valence-electron chi connectivity index (χ2n) is 10.7. The van der Waals surface area contributed by atoms with Crippen molar-refractivity contribution in [1.29, 1.82) is 0 Å². The van der Waals surface area contributed by atoms with Gasteiger partial charge < -0.3 is 27.6 Å². The van der Waals surface area contributed by atoms with Crippen LogP contribution in [0.15, 0.2) is 200 Å². The molecule has 0 unspecified atom stereocenters. The maximum atomic E-state index is 4.85. The van der Waals surface area contributed by atoms with E-state index in [9.17, 15) is 0 Å². The van der Waals surface area contributed by atoms with Crippen LogP contribution in [0.2, 0.25) is 0 Å². The molecular weight excluding hydrogens is 995 g/mol. The fourth-order valence-electron chi connectivity index (χ4n) is 5.33. The molecule has 0 spiro atoms. The standard InChI is InChI=1S/6C6H5.C5H3N4S.2Pb/c6*1-2-4-6-5-3-1;10-5-3-4(7-1-6-3)8-2-9-5;;/h6*1-5H;1-2H,(H-,6,7,8,9,10);;/q;;;;;;-1;;/p-1. The molecule has 48 heavy (non-hydrogen) atoms. The van der Waals surface area contributed by atoms with Crippen LogP contribution in [-0.2, 0) is 12.6 Å². The van der Waals surface area contributed by atoms with E-state index in [1.165, 1.54) is 12.7 Å². The monoisotopic (exact) mass is 1030 g/mol. The van der Waals surface area contributed by atoms with E-state index in [0.717, 1.165) is 0 Å². The molecule has 0 fully saturated rings. The average molecular weight is 1030 g/mol. The van der Waals surface area contributed by atoms with E-state index in [4.69, 9.17) is 12.6 Å². The molecule has 2 aromatic heterocycles. The second-order valence-corrected chi connectivity index (χ2v) is 30.4. The summed E-state index contributed by atoms with van der Waals surface area (Å²) in [5.74, 6) is 0. The normalized spacial score (nSPS) is 10.5. The first-order valence-corrected chi connectivity index (χ1v) is 27.7. The van der Waals surface area contributed by atoms with Crippen LogP contribution in [0.25, 0.3) is 11.2 Å². The molecule has 0 N–H and O–H groups in total. The van der Waals surface area contributed by atoms with Crippen molar-refractivity contribution in [2.75, 3.05) is 0 Å². The SMILES string of the molecule is [S-]c1ncnc2[n-]cnc12.c1cc[c]([Pb]([c]2ccccc2)[c]2ccccc2)cc1.c1cc[c]([Pb]([c]2ccccc2)[c]2ccccc2)cc1. The summed E-state index contributed by atoms with van der Waals surface area (Å²) in [6.45, 7) is 0. The van der Waals surface area contributed by atoms with Gasteiger partial charge in [0.15, 0.2) is 0 Å². The Labute approximate surface area is 304 Å². The van der Waals surface area contributed by atoms with Gasteiger partial charge >= 0.3 is 246 Å². The molecule has 0 aliphatic carbocycles. The van der Waals surface area contributed by atoms with Crippen molar-refractivity contribution >= 4 is 87.9 Å². The number of rotatable bonds is 6. The molecule has 0 aliphatic rings. The van der Waals surface area contributed by atoms with Crippen LogP contribution in [0, 0.1) is 0 Å². The van der Waals surface area contributed by atoms with Gasteiger partial charge in [-0.15, -0.1) is 0 Å². The minimum absolute atomic E-state index is 0.461. The minimum atomic E-state index is -2.17. The predicted octanol–water partition coefficient (Wildman–Crippen LogP) is 4.29. The van der Waals surface area contributed by atoms with Crippen molar-refractivity contribution < 1.29 is 0 Å². The van der Waals surface area contributed by atoms with E-state index < -0.39 is 45.4 Å². The number of imidazole rings is 1. The van der Waals surface area contributed by atoms with Gasteiger partial charge in [0.2, 0.25) is 0 Å². The zero-order valence-electron chi connectivity index (χ0n) is 26.2. The van der Waals surface area contributed by atoms with Crippen LogP contribution in [0.1, 0.15) is 0 Å². The summed E-state index contributed by atoms with van der Waals surface area (Å²) >= 11 is 0.511. The summed E-state index contributed by atoms with van der Waals surface area (Å²) in [6.07, 6.45) is 2.81. The third kappa shape index (κ3) is 9.09. The van der Waals surface area contributed by atoms with Gasteiger partial charge in [0, 0.05) is 17.5 Å². The van der Waals surface area contributed by atoms with Crippen LogP contribution >= 0.6 is 0 Å². The Kier molecular flexibility index (Phi) is 12.6. The van der Waals surface area contributed by atoms with Gasteiger partial charge in [-0.3, -0.25) is 4.98 Å². The van der Waals surface area contributed by atoms with Crippen LogP contribution in [-0.4, -0.2) is 60.4 Å². The Hall–Kier alpha value is -4.07. The number of nitrogens with zero attached hydrogens (tertiary/aromatic N) is 4. The Morgan fingerprint density at radius 2 is 0.667 bits per heavy atom. The molecule has 2 heterocycles. The molecule has 0 atom stereocenters. The van der Waals surface area contributed by atoms with Gasteiger partial charge in [-0.05, 0) is 6.33 Å². The summed E-state index contributed by atoms with van der Waals surface area (Å²) in [5, 5.41) is 0.461. The van der Waals surface area contributed by atoms with Crippen molar-refractivity contribution in [1.82, 2.24) is 19.9 Å². The zero-order chi connectivity index (χ0) is 32.8. The van der Waals surface area contributed by atoms with E-state index >= 15 is 0 Å². The topological polar surface area (TPSA) is 52.8 Å². The van der Waals surface area contributed by atoms with Crippen molar-refractivity contribution in [2.45, 2.75) is 5.03 Å². The van der Waals surface area contributed by atoms with Crippen LogP contribution in [0.5, 0.6) is 0 Å². The fourth-order valence-corrected chi connectivity index (χ4v) is 25.6. The van der Waals surface area contributed by atoms with Gasteiger partial charge in [0.1, 0.15) is 0 Å². The molecule has 7 heteroatoms. The molecule has 2 radical (unpaired) electrons. The van der Waals surface area contributed by atoms with Crippen LogP contribution < -0.4 is 23.7 Å². The maximum absolute atomic E-state index is 4.85. The number of benzene rings is 6. The fraction of sp³-hybridized carbons (Fsp3) is 0. The van der Waals surface area contributed by atoms with Crippen molar-refractivity contribution in [3.63, 3.8) is 0 Å². The van der Waals surface area contributed by atoms with Gasteiger partial charge in [0.05, 0.1) is 0 Å². The van der Waals surface area contributed by atoms with E-state index in [-0.39, 0.29) is 0 Å². The van der Waals surface area contributed by atoms with Gasteiger partial charge in [-0.1, -0.05) is 5.03 Å². The molecule has 8 rings (SSSR count). The quantitative estimate of drug-likeness (QED) is 0.142. The van der Waals surface area contributed by atoms with Gasteiger partial charge in [0.25, 0.3) is 0 Å². The molecular formula is C41H32N4Pb2S-2. The summed E-state index contributed by atoms with van der Waals surface area (Å²) in [7, 11) is 0. The molecule has 6 aromatic carbocycles. The molecule has 232 valence electrons. The summed E-state index contributed by atoms with van der Waals surface area (Å²) in [4.78, 5) is 15.4. The van der Waals surface area contributed by atoms with E-state index in [1.807, 2.05) is 0 Å². The molecule has 0 saturated carbocycles. The van der Waals surface area contributed by atoms with Crippen LogP contribution in [0.4, 0.5) is 0 Å². The molecule has 0 saturated heterocycles. The Morgan fingerprint density at radius 3 is 0.938 bits per heavy atom. The Bertz CT molecular complexity index is 1780. The Balaban J connectivity index is 0.000000132. The third-order valence-corrected chi connectivity index (χ3v) is 29.1. The van der Waals surface area contributed by atoms with Crippen molar-refractivity contribution in [2.24, 2.45) is 0 Å². The first-order valence-electron chi connectivity index (χ1n) is 15.6. The zero-order valence-corrected chi connectivity index (χ0v) is 34.8. The molecule has 0 amide bonds. The first-order chi connectivity index (χ1) is 23.8. The Morgan fingerprint density at radius 1 is 0.375 bits per heavy atom. The van der Waals surface area contributed by atoms with Gasteiger partial charge in [-0.25, -0.2) is 0 Å². The first kappa shape index (κ1) is 33.8. The molecule has 0 aliphatic heterocycles. The molecule has 0 bridgehead atoms. The third-order valence-electron chi connectivity index (χ3n) is 7.51. The molecule has 8 aromatic rings. The summed E-state index contributed by atoms with van der Waals surface area (Å²) < 4.78 is 9.28. The summed E-state index contributed by atoms with van der Waals surface area (Å²) in [5.41, 5.74) is 1.18. The van der Waals surface area contributed by atoms with Gasteiger partial charge in [-0.2, -0.15) is 0 Å². The number of fused-ring (bicyclic) bond motifs is 1. The average Bonchev–Trinajstić information content (AvgIpc) is 3.66. The number of hydrogen-bond acceptors (Lipinski definition) is 4. The molecule has 4 nitrogen and oxygen atoms in total. The number of aromatic nitrogens is 4. The van der Waals surface area contributed by atoms with Crippen LogP contribution in [0.3, 0.4) is 0 Å². The summed E-state index contributed by atoms with van der Waals surface area (Å²) in [6, 6.07) is 66.0. The van der Waals surface area contributed by atoms with Crippen molar-refractivity contribution in [3.8, 4) is 0 Å². The number of hydrogen-bond donors (Lipinski definition) is 0.